The molecule has 0 aliphatic carbocycles. The Morgan fingerprint density at radius 1 is 1.22 bits per heavy atom. The number of rotatable bonds is 8. The summed E-state index contributed by atoms with van der Waals surface area (Å²) in [5.74, 6) is 0.946. The third kappa shape index (κ3) is 5.61. The maximum absolute atomic E-state index is 12.9. The van der Waals surface area contributed by atoms with E-state index < -0.39 is 0 Å². The van der Waals surface area contributed by atoms with Gasteiger partial charge >= 0.3 is 0 Å². The lowest BCUT2D eigenvalue weighted by Crippen LogP contribution is -2.48. The van der Waals surface area contributed by atoms with E-state index in [1.165, 1.54) is 10.6 Å². The Kier molecular flexibility index (Phi) is 7.76. The Bertz CT molecular complexity index is 1360. The van der Waals surface area contributed by atoms with Crippen molar-refractivity contribution in [2.45, 2.75) is 39.8 Å². The molecule has 9 nitrogen and oxygen atoms in total. The van der Waals surface area contributed by atoms with Gasteiger partial charge in [0.05, 0.1) is 11.9 Å². The van der Waals surface area contributed by atoms with Crippen molar-refractivity contribution < 1.29 is 0 Å². The third-order valence-electron chi connectivity index (χ3n) is 6.40. The van der Waals surface area contributed by atoms with E-state index >= 15 is 0 Å². The van der Waals surface area contributed by atoms with Crippen LogP contribution in [0.15, 0.2) is 59.7 Å². The zero-order valence-corrected chi connectivity index (χ0v) is 21.1. The minimum absolute atomic E-state index is 0.0648. The SMILES string of the molecule is C=C(C=CC)CCn1c(=O)c(C#N)cc2cnc(Nc3ccc(N4CCN(C(C)C)CC4)cn3)nc21. The largest absolute Gasteiger partial charge is 0.368 e. The number of nitrogens with one attached hydrogen (secondary N) is 1. The Balaban J connectivity index is 1.54. The summed E-state index contributed by atoms with van der Waals surface area (Å²) in [6.45, 7) is 14.8. The van der Waals surface area contributed by atoms with Crippen LogP contribution in [0, 0.1) is 11.3 Å². The van der Waals surface area contributed by atoms with Gasteiger partial charge in [-0.05, 0) is 45.4 Å². The van der Waals surface area contributed by atoms with Crippen LogP contribution < -0.4 is 15.8 Å². The second-order valence-electron chi connectivity index (χ2n) is 9.15. The van der Waals surface area contributed by atoms with Crippen LogP contribution in [0.5, 0.6) is 0 Å². The second kappa shape index (κ2) is 11.1. The summed E-state index contributed by atoms with van der Waals surface area (Å²) in [7, 11) is 0. The van der Waals surface area contributed by atoms with Gasteiger partial charge in [-0.2, -0.15) is 10.2 Å². The minimum Gasteiger partial charge on any atom is -0.368 e. The number of hydrogen-bond donors (Lipinski definition) is 1. The molecule has 0 aromatic carbocycles. The van der Waals surface area contributed by atoms with E-state index in [0.717, 1.165) is 37.4 Å². The highest BCUT2D eigenvalue weighted by Gasteiger charge is 2.19. The van der Waals surface area contributed by atoms with Gasteiger partial charge < -0.3 is 10.2 Å². The van der Waals surface area contributed by atoms with Crippen molar-refractivity contribution in [2.75, 3.05) is 36.4 Å². The number of aryl methyl sites for hydroxylation is 1. The fraction of sp³-hybridized carbons (Fsp3) is 0.370. The minimum atomic E-state index is -0.372. The quantitative estimate of drug-likeness (QED) is 0.481. The van der Waals surface area contributed by atoms with Crippen molar-refractivity contribution in [1.29, 1.82) is 5.26 Å². The summed E-state index contributed by atoms with van der Waals surface area (Å²) in [6, 6.07) is 8.03. The molecule has 36 heavy (non-hydrogen) atoms. The molecule has 0 saturated carbocycles. The number of pyridine rings is 2. The first-order valence-corrected chi connectivity index (χ1v) is 12.2. The molecule has 4 rings (SSSR count). The van der Waals surface area contributed by atoms with Crippen molar-refractivity contribution >= 4 is 28.5 Å². The van der Waals surface area contributed by atoms with Crippen molar-refractivity contribution in [3.8, 4) is 6.07 Å². The lowest BCUT2D eigenvalue weighted by Gasteiger charge is -2.38. The lowest BCUT2D eigenvalue weighted by molar-refractivity contribution is 0.209. The van der Waals surface area contributed by atoms with E-state index in [1.807, 2.05) is 43.5 Å². The van der Waals surface area contributed by atoms with Crippen molar-refractivity contribution in [3.63, 3.8) is 0 Å². The van der Waals surface area contributed by atoms with Crippen molar-refractivity contribution in [1.82, 2.24) is 24.4 Å². The molecule has 0 unspecified atom stereocenters. The second-order valence-corrected chi connectivity index (χ2v) is 9.15. The molecule has 0 spiro atoms. The molecule has 1 saturated heterocycles. The third-order valence-corrected chi connectivity index (χ3v) is 6.40. The molecule has 1 aliphatic heterocycles. The summed E-state index contributed by atoms with van der Waals surface area (Å²) in [5.41, 5.74) is 2.13. The molecule has 0 atom stereocenters. The van der Waals surface area contributed by atoms with E-state index in [9.17, 15) is 10.1 Å². The van der Waals surface area contributed by atoms with E-state index in [2.05, 4.69) is 50.5 Å². The molecule has 186 valence electrons. The van der Waals surface area contributed by atoms with Crippen LogP contribution in [-0.2, 0) is 6.54 Å². The molecule has 0 amide bonds. The summed E-state index contributed by atoms with van der Waals surface area (Å²) < 4.78 is 1.52. The van der Waals surface area contributed by atoms with Gasteiger partial charge in [-0.3, -0.25) is 14.3 Å². The number of aromatic nitrogens is 4. The predicted octanol–water partition coefficient (Wildman–Crippen LogP) is 3.85. The molecule has 1 N–H and O–H groups in total. The Hall–Kier alpha value is -4.03. The van der Waals surface area contributed by atoms with Crippen molar-refractivity contribution in [2.24, 2.45) is 0 Å². The van der Waals surface area contributed by atoms with Crippen LogP contribution in [0.25, 0.3) is 11.0 Å². The fourth-order valence-corrected chi connectivity index (χ4v) is 4.34. The van der Waals surface area contributed by atoms with Gasteiger partial charge in [0, 0.05) is 50.3 Å². The molecular weight excluding hydrogens is 452 g/mol. The molecule has 0 bridgehead atoms. The highest BCUT2D eigenvalue weighted by molar-refractivity contribution is 5.77. The van der Waals surface area contributed by atoms with Gasteiger partial charge in [-0.25, -0.2) is 9.97 Å². The summed E-state index contributed by atoms with van der Waals surface area (Å²) in [6.07, 6.45) is 7.85. The first-order chi connectivity index (χ1) is 17.4. The molecule has 3 aromatic heterocycles. The summed E-state index contributed by atoms with van der Waals surface area (Å²) >= 11 is 0. The van der Waals surface area contributed by atoms with Crippen LogP contribution in [0.2, 0.25) is 0 Å². The van der Waals surface area contributed by atoms with Gasteiger partial charge in [0.25, 0.3) is 5.56 Å². The molecule has 9 heteroatoms. The Labute approximate surface area is 211 Å². The number of nitrogens with zero attached hydrogens (tertiary/aromatic N) is 7. The lowest BCUT2D eigenvalue weighted by atomic mass is 10.2. The Morgan fingerprint density at radius 2 is 2.00 bits per heavy atom. The van der Waals surface area contributed by atoms with E-state index in [-0.39, 0.29) is 11.1 Å². The van der Waals surface area contributed by atoms with Crippen LogP contribution in [0.4, 0.5) is 17.5 Å². The van der Waals surface area contributed by atoms with E-state index in [1.54, 1.807) is 6.20 Å². The number of anilines is 3. The van der Waals surface area contributed by atoms with E-state index in [0.29, 0.717) is 41.8 Å². The maximum Gasteiger partial charge on any atom is 0.270 e. The highest BCUT2D eigenvalue weighted by Crippen LogP contribution is 2.20. The predicted molar refractivity (Wildman–Crippen MR) is 144 cm³/mol. The smallest absolute Gasteiger partial charge is 0.270 e. The van der Waals surface area contributed by atoms with Gasteiger partial charge in [-0.1, -0.05) is 24.3 Å². The van der Waals surface area contributed by atoms with E-state index in [4.69, 9.17) is 0 Å². The molecular formula is C27H32N8O. The number of hydrogen-bond acceptors (Lipinski definition) is 8. The number of piperazine rings is 1. The van der Waals surface area contributed by atoms with Gasteiger partial charge in [0.1, 0.15) is 23.1 Å². The standard InChI is InChI=1S/C27H32N8O/c1-5-6-20(4)9-10-35-25-22(15-21(16-28)26(35)36)17-30-27(32-25)31-24-8-7-23(18-29-24)34-13-11-33(12-14-34)19(2)3/h5-8,15,17-19H,4,9-14H2,1-3H3,(H,29,30,31,32). The van der Waals surface area contributed by atoms with Gasteiger partial charge in [0.2, 0.25) is 5.95 Å². The van der Waals surface area contributed by atoms with Crippen LogP contribution in [-0.4, -0.2) is 56.6 Å². The topological polar surface area (TPSA) is 103 Å². The summed E-state index contributed by atoms with van der Waals surface area (Å²) in [4.78, 5) is 31.2. The summed E-state index contributed by atoms with van der Waals surface area (Å²) in [5, 5.41) is 13.2. The van der Waals surface area contributed by atoms with Crippen LogP contribution in [0.3, 0.4) is 0 Å². The number of allylic oxidation sites excluding steroid dienone is 3. The van der Waals surface area contributed by atoms with Gasteiger partial charge in [-0.15, -0.1) is 0 Å². The normalized spacial score (nSPS) is 14.5. The monoisotopic (exact) mass is 484 g/mol. The first kappa shape index (κ1) is 25.1. The zero-order valence-electron chi connectivity index (χ0n) is 21.1. The van der Waals surface area contributed by atoms with Crippen molar-refractivity contribution in [3.05, 3.63) is 70.8 Å². The molecule has 1 aliphatic rings. The number of nitriles is 1. The zero-order chi connectivity index (χ0) is 25.7. The molecule has 4 heterocycles. The first-order valence-electron chi connectivity index (χ1n) is 12.2. The highest BCUT2D eigenvalue weighted by atomic mass is 16.1. The van der Waals surface area contributed by atoms with Crippen LogP contribution >= 0.6 is 0 Å². The Morgan fingerprint density at radius 3 is 2.64 bits per heavy atom. The molecule has 1 fully saturated rings. The molecule has 0 radical (unpaired) electrons. The average molecular weight is 485 g/mol. The molecule has 3 aromatic rings. The number of fused-ring (bicyclic) bond motifs is 1. The van der Waals surface area contributed by atoms with Crippen LogP contribution in [0.1, 0.15) is 32.8 Å². The fourth-order valence-electron chi connectivity index (χ4n) is 4.34. The van der Waals surface area contributed by atoms with Gasteiger partial charge in [0.15, 0.2) is 0 Å². The average Bonchev–Trinajstić information content (AvgIpc) is 2.88. The maximum atomic E-state index is 12.9.